The number of halogens is 1. The van der Waals surface area contributed by atoms with Crippen molar-refractivity contribution in [3.8, 4) is 5.69 Å². The standard InChI is InChI=1S/C31H29ClN4OS2/c1-21-8-6-11-24(16-21)20-39-31-35-34-30(36(31)28-18-25(32)14-13-22(28)2)27(17-23-9-4-3-5-10-23)33-29(37)19-26-12-7-15-38-26/h3-16,18,27H,17,19-20H2,1-2H3,(H,33,37). The van der Waals surface area contributed by atoms with Crippen molar-refractivity contribution in [3.05, 3.63) is 128 Å². The zero-order valence-corrected chi connectivity index (χ0v) is 24.2. The van der Waals surface area contributed by atoms with Crippen LogP contribution in [0.1, 0.15) is 39.0 Å². The Hall–Kier alpha value is -3.39. The third-order valence-electron chi connectivity index (χ3n) is 6.37. The third kappa shape index (κ3) is 6.98. The summed E-state index contributed by atoms with van der Waals surface area (Å²) >= 11 is 9.67. The maximum atomic E-state index is 13.2. The molecule has 0 saturated carbocycles. The van der Waals surface area contributed by atoms with Crippen LogP contribution in [0.15, 0.2) is 95.5 Å². The highest BCUT2D eigenvalue weighted by molar-refractivity contribution is 7.98. The van der Waals surface area contributed by atoms with Crippen molar-refractivity contribution in [2.45, 2.75) is 43.6 Å². The second-order valence-corrected chi connectivity index (χ2v) is 11.9. The SMILES string of the molecule is Cc1cccc(CSc2nnc(C(Cc3ccccc3)NC(=O)Cc3cccs3)n2-c2cc(Cl)ccc2C)c1. The predicted octanol–water partition coefficient (Wildman–Crippen LogP) is 7.53. The highest BCUT2D eigenvalue weighted by Crippen LogP contribution is 2.31. The number of nitrogens with zero attached hydrogens (tertiary/aromatic N) is 3. The normalized spacial score (nSPS) is 11.9. The number of rotatable bonds is 10. The molecule has 1 atom stereocenters. The molecule has 0 fully saturated rings. The molecule has 5 rings (SSSR count). The first-order valence-corrected chi connectivity index (χ1v) is 15.0. The summed E-state index contributed by atoms with van der Waals surface area (Å²) in [6.45, 7) is 4.14. The molecule has 0 bridgehead atoms. The molecular weight excluding hydrogens is 544 g/mol. The second kappa shape index (κ2) is 12.6. The lowest BCUT2D eigenvalue weighted by atomic mass is 10.0. The van der Waals surface area contributed by atoms with Crippen LogP contribution in [0, 0.1) is 13.8 Å². The summed E-state index contributed by atoms with van der Waals surface area (Å²) in [7, 11) is 0. The van der Waals surface area contributed by atoms with E-state index in [1.54, 1.807) is 23.1 Å². The van der Waals surface area contributed by atoms with Gasteiger partial charge in [-0.3, -0.25) is 9.36 Å². The number of thioether (sulfide) groups is 1. The quantitative estimate of drug-likeness (QED) is 0.176. The molecule has 0 aliphatic carbocycles. The molecule has 1 unspecified atom stereocenters. The molecule has 5 nitrogen and oxygen atoms in total. The molecule has 2 heterocycles. The van der Waals surface area contributed by atoms with Gasteiger partial charge in [0.1, 0.15) is 0 Å². The Bertz CT molecular complexity index is 1550. The second-order valence-electron chi connectivity index (χ2n) is 9.45. The number of hydrogen-bond donors (Lipinski definition) is 1. The summed E-state index contributed by atoms with van der Waals surface area (Å²) in [5.74, 6) is 1.37. The Kier molecular flexibility index (Phi) is 8.81. The van der Waals surface area contributed by atoms with Gasteiger partial charge in [0.05, 0.1) is 18.2 Å². The Balaban J connectivity index is 1.54. The minimum absolute atomic E-state index is 0.0512. The third-order valence-corrected chi connectivity index (χ3v) is 8.48. The molecule has 0 aliphatic rings. The lowest BCUT2D eigenvalue weighted by molar-refractivity contribution is -0.121. The van der Waals surface area contributed by atoms with Crippen molar-refractivity contribution >= 4 is 40.6 Å². The van der Waals surface area contributed by atoms with E-state index in [0.717, 1.165) is 32.6 Å². The van der Waals surface area contributed by atoms with Crippen molar-refractivity contribution in [2.75, 3.05) is 0 Å². The van der Waals surface area contributed by atoms with Crippen LogP contribution in [-0.4, -0.2) is 20.7 Å². The van der Waals surface area contributed by atoms with Crippen molar-refractivity contribution in [1.29, 1.82) is 0 Å². The molecule has 1 N–H and O–H groups in total. The molecule has 8 heteroatoms. The number of thiophene rings is 1. The van der Waals surface area contributed by atoms with E-state index < -0.39 is 0 Å². The van der Waals surface area contributed by atoms with Crippen molar-refractivity contribution in [1.82, 2.24) is 20.1 Å². The Morgan fingerprint density at radius 1 is 0.974 bits per heavy atom. The van der Waals surface area contributed by atoms with Gasteiger partial charge in [-0.05, 0) is 60.5 Å². The van der Waals surface area contributed by atoms with Gasteiger partial charge in [-0.2, -0.15) is 0 Å². The highest BCUT2D eigenvalue weighted by atomic mass is 35.5. The van der Waals surface area contributed by atoms with Gasteiger partial charge in [0.15, 0.2) is 11.0 Å². The van der Waals surface area contributed by atoms with Crippen molar-refractivity contribution < 1.29 is 4.79 Å². The molecule has 0 saturated heterocycles. The minimum Gasteiger partial charge on any atom is -0.345 e. The van der Waals surface area contributed by atoms with Gasteiger partial charge in [0, 0.05) is 15.7 Å². The number of aromatic nitrogens is 3. The van der Waals surface area contributed by atoms with Gasteiger partial charge in [-0.1, -0.05) is 95.7 Å². The number of carbonyl (C=O) groups excluding carboxylic acids is 1. The average molecular weight is 573 g/mol. The molecule has 0 aliphatic heterocycles. The maximum absolute atomic E-state index is 13.2. The Morgan fingerprint density at radius 3 is 2.56 bits per heavy atom. The van der Waals surface area contributed by atoms with Crippen molar-refractivity contribution in [2.24, 2.45) is 0 Å². The Morgan fingerprint density at radius 2 is 1.79 bits per heavy atom. The van der Waals surface area contributed by atoms with Crippen LogP contribution in [0.5, 0.6) is 0 Å². The first kappa shape index (κ1) is 27.2. The molecule has 1 amide bonds. The first-order valence-electron chi connectivity index (χ1n) is 12.7. The van der Waals surface area contributed by atoms with E-state index >= 15 is 0 Å². The van der Waals surface area contributed by atoms with E-state index in [1.807, 2.05) is 60.8 Å². The lowest BCUT2D eigenvalue weighted by Gasteiger charge is -2.21. The van der Waals surface area contributed by atoms with Crippen LogP contribution in [-0.2, 0) is 23.4 Å². The van der Waals surface area contributed by atoms with E-state index in [-0.39, 0.29) is 11.9 Å². The molecular formula is C31H29ClN4OS2. The zero-order valence-electron chi connectivity index (χ0n) is 21.8. The fraction of sp³-hybridized carbons (Fsp3) is 0.194. The summed E-state index contributed by atoms with van der Waals surface area (Å²) < 4.78 is 2.06. The fourth-order valence-electron chi connectivity index (χ4n) is 4.47. The predicted molar refractivity (Wildman–Crippen MR) is 161 cm³/mol. The van der Waals surface area contributed by atoms with Crippen LogP contribution in [0.4, 0.5) is 0 Å². The largest absolute Gasteiger partial charge is 0.345 e. The summed E-state index contributed by atoms with van der Waals surface area (Å²) in [5, 5.41) is 15.9. The zero-order chi connectivity index (χ0) is 27.2. The van der Waals surface area contributed by atoms with Crippen LogP contribution >= 0.6 is 34.7 Å². The molecule has 0 radical (unpaired) electrons. The molecule has 3 aromatic carbocycles. The van der Waals surface area contributed by atoms with Gasteiger partial charge in [0.2, 0.25) is 5.91 Å². The molecule has 198 valence electrons. The molecule has 5 aromatic rings. The van der Waals surface area contributed by atoms with E-state index in [0.29, 0.717) is 23.7 Å². The molecule has 2 aromatic heterocycles. The van der Waals surface area contributed by atoms with Gasteiger partial charge in [0.25, 0.3) is 0 Å². The number of aryl methyl sites for hydroxylation is 2. The number of hydrogen-bond acceptors (Lipinski definition) is 5. The summed E-state index contributed by atoms with van der Waals surface area (Å²) in [5.41, 5.74) is 5.48. The summed E-state index contributed by atoms with van der Waals surface area (Å²) in [6.07, 6.45) is 0.902. The fourth-order valence-corrected chi connectivity index (χ4v) is 6.24. The summed E-state index contributed by atoms with van der Waals surface area (Å²) in [4.78, 5) is 14.2. The number of nitrogens with one attached hydrogen (secondary N) is 1. The maximum Gasteiger partial charge on any atom is 0.225 e. The van der Waals surface area contributed by atoms with E-state index in [4.69, 9.17) is 11.6 Å². The van der Waals surface area contributed by atoms with Crippen LogP contribution in [0.2, 0.25) is 5.02 Å². The van der Waals surface area contributed by atoms with E-state index in [1.165, 1.54) is 11.1 Å². The van der Waals surface area contributed by atoms with Crippen LogP contribution in [0.25, 0.3) is 5.69 Å². The van der Waals surface area contributed by atoms with Gasteiger partial charge >= 0.3 is 0 Å². The van der Waals surface area contributed by atoms with E-state index in [2.05, 4.69) is 63.4 Å². The number of carbonyl (C=O) groups is 1. The first-order chi connectivity index (χ1) is 19.0. The van der Waals surface area contributed by atoms with Crippen molar-refractivity contribution in [3.63, 3.8) is 0 Å². The molecule has 39 heavy (non-hydrogen) atoms. The van der Waals surface area contributed by atoms with Gasteiger partial charge in [-0.25, -0.2) is 0 Å². The molecule has 0 spiro atoms. The minimum atomic E-state index is -0.390. The highest BCUT2D eigenvalue weighted by Gasteiger charge is 2.26. The number of benzene rings is 3. The van der Waals surface area contributed by atoms with Gasteiger partial charge in [-0.15, -0.1) is 21.5 Å². The number of amides is 1. The monoisotopic (exact) mass is 572 g/mol. The summed E-state index contributed by atoms with van der Waals surface area (Å²) in [6, 6.07) is 28.0. The lowest BCUT2D eigenvalue weighted by Crippen LogP contribution is -2.33. The average Bonchev–Trinajstić information content (AvgIpc) is 3.59. The Labute approximate surface area is 242 Å². The van der Waals surface area contributed by atoms with Crippen LogP contribution in [0.3, 0.4) is 0 Å². The van der Waals surface area contributed by atoms with E-state index in [9.17, 15) is 4.79 Å². The topological polar surface area (TPSA) is 59.8 Å². The van der Waals surface area contributed by atoms with Gasteiger partial charge < -0.3 is 5.32 Å². The smallest absolute Gasteiger partial charge is 0.225 e. The van der Waals surface area contributed by atoms with Crippen LogP contribution < -0.4 is 5.32 Å².